The summed E-state index contributed by atoms with van der Waals surface area (Å²) in [4.78, 5) is 15.3. The van der Waals surface area contributed by atoms with E-state index in [1.165, 1.54) is 25.3 Å². The van der Waals surface area contributed by atoms with E-state index in [0.29, 0.717) is 12.1 Å². The molecule has 152 valence electrons. The highest BCUT2D eigenvalue weighted by Crippen LogP contribution is 2.33. The van der Waals surface area contributed by atoms with Crippen LogP contribution >= 0.6 is 11.6 Å². The third-order valence-corrected chi connectivity index (χ3v) is 5.59. The van der Waals surface area contributed by atoms with Gasteiger partial charge < -0.3 is 10.4 Å². The largest absolute Gasteiger partial charge is 0.504 e. The normalized spacial score (nSPS) is 13.2. The lowest BCUT2D eigenvalue weighted by Crippen LogP contribution is -2.40. The van der Waals surface area contributed by atoms with Gasteiger partial charge in [-0.25, -0.2) is 13.4 Å². The van der Waals surface area contributed by atoms with E-state index in [9.17, 15) is 31.5 Å². The molecule has 0 bridgehead atoms. The lowest BCUT2D eigenvalue weighted by Gasteiger charge is -2.15. The summed E-state index contributed by atoms with van der Waals surface area (Å²) in [5, 5.41) is 13.7. The van der Waals surface area contributed by atoms with E-state index < -0.39 is 49.3 Å². The van der Waals surface area contributed by atoms with Gasteiger partial charge in [-0.05, 0) is 37.3 Å². The number of sulfone groups is 1. The number of nitrogens with zero attached hydrogens (tertiary/aromatic N) is 1. The second-order valence-electron chi connectivity index (χ2n) is 5.69. The third kappa shape index (κ3) is 5.33. The molecule has 0 aliphatic heterocycles. The van der Waals surface area contributed by atoms with Crippen LogP contribution in [0.2, 0.25) is 5.02 Å². The Bertz CT molecular complexity index is 983. The van der Waals surface area contributed by atoms with E-state index in [-0.39, 0.29) is 11.6 Å². The maximum absolute atomic E-state index is 12.7. The van der Waals surface area contributed by atoms with Crippen molar-refractivity contribution in [2.45, 2.75) is 24.0 Å². The predicted molar refractivity (Wildman–Crippen MR) is 95.6 cm³/mol. The molecule has 0 fully saturated rings. The smallest absolute Gasteiger partial charge is 0.416 e. The van der Waals surface area contributed by atoms with Gasteiger partial charge in [0.05, 0.1) is 21.5 Å². The SMILES string of the molecule is C[C@H](NCS(=O)(=O)c1ccc(C(F)(F)F)cc1Cl)C(=O)Nc1ncccc1O. The number of amides is 1. The zero-order valence-corrected chi connectivity index (χ0v) is 15.9. The zero-order valence-electron chi connectivity index (χ0n) is 14.3. The molecule has 1 atom stereocenters. The Morgan fingerprint density at radius 2 is 2.00 bits per heavy atom. The van der Waals surface area contributed by atoms with Crippen LogP contribution in [0.15, 0.2) is 41.4 Å². The molecule has 7 nitrogen and oxygen atoms in total. The summed E-state index contributed by atoms with van der Waals surface area (Å²) in [6.45, 7) is 1.36. The Kier molecular flexibility index (Phi) is 6.52. The molecule has 3 N–H and O–H groups in total. The van der Waals surface area contributed by atoms with Crippen molar-refractivity contribution in [2.75, 3.05) is 11.2 Å². The Morgan fingerprint density at radius 3 is 2.57 bits per heavy atom. The molecule has 1 aromatic carbocycles. The second kappa shape index (κ2) is 8.33. The van der Waals surface area contributed by atoms with Crippen LogP contribution in [0.5, 0.6) is 5.75 Å². The molecule has 1 aromatic heterocycles. The van der Waals surface area contributed by atoms with Gasteiger partial charge in [-0.3, -0.25) is 10.1 Å². The first-order valence-corrected chi connectivity index (χ1v) is 9.72. The van der Waals surface area contributed by atoms with Crippen molar-refractivity contribution >= 4 is 33.2 Å². The van der Waals surface area contributed by atoms with Crippen LogP contribution in [0.3, 0.4) is 0 Å². The van der Waals surface area contributed by atoms with Gasteiger partial charge in [-0.2, -0.15) is 13.2 Å². The summed E-state index contributed by atoms with van der Waals surface area (Å²) in [6, 6.07) is 3.63. The summed E-state index contributed by atoms with van der Waals surface area (Å²) < 4.78 is 62.7. The van der Waals surface area contributed by atoms with Crippen molar-refractivity contribution < 1.29 is 31.5 Å². The topological polar surface area (TPSA) is 108 Å². The first kappa shape index (κ1) is 21.9. The fraction of sp³-hybridized carbons (Fsp3) is 0.250. The monoisotopic (exact) mass is 437 g/mol. The molecule has 0 radical (unpaired) electrons. The molecule has 0 unspecified atom stereocenters. The minimum absolute atomic E-state index is 0.102. The first-order chi connectivity index (χ1) is 12.9. The van der Waals surface area contributed by atoms with E-state index in [4.69, 9.17) is 11.6 Å². The summed E-state index contributed by atoms with van der Waals surface area (Å²) in [5.74, 6) is -1.80. The van der Waals surface area contributed by atoms with E-state index in [2.05, 4.69) is 15.6 Å². The fourth-order valence-electron chi connectivity index (χ4n) is 2.05. The quantitative estimate of drug-likeness (QED) is 0.641. The lowest BCUT2D eigenvalue weighted by atomic mass is 10.2. The predicted octanol–water partition coefficient (Wildman–Crippen LogP) is 2.81. The number of nitrogens with one attached hydrogen (secondary N) is 2. The number of anilines is 1. The van der Waals surface area contributed by atoms with Gasteiger partial charge in [0, 0.05) is 6.20 Å². The summed E-state index contributed by atoms with van der Waals surface area (Å²) in [7, 11) is -4.12. The lowest BCUT2D eigenvalue weighted by molar-refractivity contribution is -0.137. The minimum atomic E-state index is -4.66. The van der Waals surface area contributed by atoms with Gasteiger partial charge in [0.1, 0.15) is 5.88 Å². The van der Waals surface area contributed by atoms with Crippen LogP contribution in [0.1, 0.15) is 12.5 Å². The molecule has 0 aliphatic carbocycles. The van der Waals surface area contributed by atoms with Gasteiger partial charge in [-0.15, -0.1) is 0 Å². The fourth-order valence-corrected chi connectivity index (χ4v) is 3.84. The standard InChI is InChI=1S/C16H15ClF3N3O4S/c1-9(15(25)23-14-12(24)3-2-6-21-14)22-8-28(26,27)13-5-4-10(7-11(13)17)16(18,19)20/h2-7,9,22,24H,8H2,1H3,(H,21,23,25)/t9-/m0/s1. The van der Waals surface area contributed by atoms with Crippen molar-refractivity contribution in [3.63, 3.8) is 0 Å². The molecular weight excluding hydrogens is 423 g/mol. The summed E-state index contributed by atoms with van der Waals surface area (Å²) in [6.07, 6.45) is -3.32. The zero-order chi connectivity index (χ0) is 21.1. The van der Waals surface area contributed by atoms with Crippen molar-refractivity contribution in [1.29, 1.82) is 0 Å². The number of pyridine rings is 1. The Labute approximate surface area is 163 Å². The number of carbonyl (C=O) groups excluding carboxylic acids is 1. The van der Waals surface area contributed by atoms with Crippen molar-refractivity contribution in [3.8, 4) is 5.75 Å². The molecule has 2 rings (SSSR count). The van der Waals surface area contributed by atoms with Crippen LogP contribution in [-0.4, -0.2) is 36.3 Å². The van der Waals surface area contributed by atoms with Crippen LogP contribution < -0.4 is 10.6 Å². The number of rotatable bonds is 6. The Hall–Kier alpha value is -2.37. The molecule has 1 heterocycles. The number of aromatic nitrogens is 1. The maximum atomic E-state index is 12.7. The van der Waals surface area contributed by atoms with Gasteiger partial charge >= 0.3 is 6.18 Å². The summed E-state index contributed by atoms with van der Waals surface area (Å²) in [5.41, 5.74) is -1.08. The van der Waals surface area contributed by atoms with Gasteiger partial charge in [0.25, 0.3) is 0 Å². The first-order valence-electron chi connectivity index (χ1n) is 7.69. The molecular formula is C16H15ClF3N3O4S. The number of carbonyl (C=O) groups is 1. The summed E-state index contributed by atoms with van der Waals surface area (Å²) >= 11 is 5.70. The van der Waals surface area contributed by atoms with Crippen LogP contribution in [0.4, 0.5) is 19.0 Å². The number of hydrogen-bond acceptors (Lipinski definition) is 6. The molecule has 0 saturated carbocycles. The molecule has 0 saturated heterocycles. The average Bonchev–Trinajstić information content (AvgIpc) is 2.60. The van der Waals surface area contributed by atoms with Crippen LogP contribution in [-0.2, 0) is 20.8 Å². The number of alkyl halides is 3. The number of aromatic hydroxyl groups is 1. The van der Waals surface area contributed by atoms with E-state index >= 15 is 0 Å². The van der Waals surface area contributed by atoms with Crippen LogP contribution in [0, 0.1) is 0 Å². The Balaban J connectivity index is 2.06. The van der Waals surface area contributed by atoms with Gasteiger partial charge in [0.15, 0.2) is 21.4 Å². The second-order valence-corrected chi connectivity index (χ2v) is 8.05. The highest BCUT2D eigenvalue weighted by Gasteiger charge is 2.32. The van der Waals surface area contributed by atoms with E-state index in [1.54, 1.807) is 0 Å². The third-order valence-electron chi connectivity index (χ3n) is 3.60. The molecule has 0 spiro atoms. The van der Waals surface area contributed by atoms with Crippen molar-refractivity contribution in [1.82, 2.24) is 10.3 Å². The highest BCUT2D eigenvalue weighted by molar-refractivity contribution is 7.91. The minimum Gasteiger partial charge on any atom is -0.504 e. The Morgan fingerprint density at radius 1 is 1.32 bits per heavy atom. The van der Waals surface area contributed by atoms with E-state index in [0.717, 1.165) is 6.07 Å². The van der Waals surface area contributed by atoms with Gasteiger partial charge in [0.2, 0.25) is 5.91 Å². The molecule has 1 amide bonds. The highest BCUT2D eigenvalue weighted by atomic mass is 35.5. The number of hydrogen-bond donors (Lipinski definition) is 3. The molecule has 28 heavy (non-hydrogen) atoms. The maximum Gasteiger partial charge on any atom is 0.416 e. The molecule has 12 heteroatoms. The van der Waals surface area contributed by atoms with Crippen molar-refractivity contribution in [3.05, 3.63) is 47.1 Å². The molecule has 0 aliphatic rings. The van der Waals surface area contributed by atoms with Crippen molar-refractivity contribution in [2.24, 2.45) is 0 Å². The average molecular weight is 438 g/mol. The number of halogens is 4. The van der Waals surface area contributed by atoms with Gasteiger partial charge in [-0.1, -0.05) is 11.6 Å². The van der Waals surface area contributed by atoms with E-state index in [1.807, 2.05) is 0 Å². The molecule has 2 aromatic rings. The van der Waals surface area contributed by atoms with Crippen LogP contribution in [0.25, 0.3) is 0 Å². The number of benzene rings is 1.